The van der Waals surface area contributed by atoms with E-state index in [0.717, 1.165) is 17.1 Å². The zero-order chi connectivity index (χ0) is 14.2. The van der Waals surface area contributed by atoms with Crippen LogP contribution in [0.15, 0.2) is 4.79 Å². The summed E-state index contributed by atoms with van der Waals surface area (Å²) in [6.07, 6.45) is 0. The predicted octanol–water partition coefficient (Wildman–Crippen LogP) is 0.735. The van der Waals surface area contributed by atoms with Gasteiger partial charge in [0.15, 0.2) is 0 Å². The molecule has 2 unspecified atom stereocenters. The molecule has 0 aliphatic carbocycles. The summed E-state index contributed by atoms with van der Waals surface area (Å²) in [5.74, 6) is 0.0313. The lowest BCUT2D eigenvalue weighted by Crippen LogP contribution is -2.58. The summed E-state index contributed by atoms with van der Waals surface area (Å²) >= 11 is 1.21. The molecule has 0 spiro atoms. The molecule has 0 saturated carbocycles. The minimum absolute atomic E-state index is 0.0313. The molecule has 0 bridgehead atoms. The monoisotopic (exact) mass is 283 g/mol. The molecule has 2 atom stereocenters. The summed E-state index contributed by atoms with van der Waals surface area (Å²) in [7, 11) is 0. The molecule has 5 nitrogen and oxygen atoms in total. The van der Waals surface area contributed by atoms with Gasteiger partial charge < -0.3 is 10.2 Å². The minimum atomic E-state index is -0.0424. The van der Waals surface area contributed by atoms with Crippen LogP contribution in [-0.4, -0.2) is 40.5 Å². The van der Waals surface area contributed by atoms with Crippen molar-refractivity contribution >= 4 is 17.2 Å². The Morgan fingerprint density at radius 2 is 2.11 bits per heavy atom. The van der Waals surface area contributed by atoms with Gasteiger partial charge in [0.25, 0.3) is 0 Å². The van der Waals surface area contributed by atoms with Gasteiger partial charge in [-0.25, -0.2) is 0 Å². The van der Waals surface area contributed by atoms with E-state index < -0.39 is 0 Å². The number of aromatic nitrogens is 1. The van der Waals surface area contributed by atoms with Crippen LogP contribution in [0.3, 0.4) is 0 Å². The highest BCUT2D eigenvalue weighted by molar-refractivity contribution is 7.09. The van der Waals surface area contributed by atoms with Gasteiger partial charge in [0, 0.05) is 35.7 Å². The molecule has 1 amide bonds. The van der Waals surface area contributed by atoms with Crippen molar-refractivity contribution in [1.82, 2.24) is 14.8 Å². The lowest BCUT2D eigenvalue weighted by Gasteiger charge is -2.38. The molecule has 1 aromatic rings. The van der Waals surface area contributed by atoms with Crippen LogP contribution in [0, 0.1) is 13.8 Å². The van der Waals surface area contributed by atoms with Gasteiger partial charge in [-0.3, -0.25) is 14.2 Å². The van der Waals surface area contributed by atoms with E-state index in [1.165, 1.54) is 11.3 Å². The maximum Gasteiger partial charge on any atom is 0.308 e. The van der Waals surface area contributed by atoms with Crippen LogP contribution in [0.25, 0.3) is 0 Å². The van der Waals surface area contributed by atoms with Crippen molar-refractivity contribution in [2.75, 3.05) is 13.1 Å². The van der Waals surface area contributed by atoms with E-state index in [1.807, 2.05) is 25.7 Å². The van der Waals surface area contributed by atoms with Crippen molar-refractivity contribution < 1.29 is 4.79 Å². The molecule has 2 heterocycles. The lowest BCUT2D eigenvalue weighted by molar-refractivity contribution is -0.135. The number of hydrogen-bond acceptors (Lipinski definition) is 4. The topological polar surface area (TPSA) is 54.3 Å². The summed E-state index contributed by atoms with van der Waals surface area (Å²) in [5, 5.41) is 3.35. The van der Waals surface area contributed by atoms with E-state index in [1.54, 1.807) is 4.57 Å². The Morgan fingerprint density at radius 1 is 1.42 bits per heavy atom. The van der Waals surface area contributed by atoms with Crippen molar-refractivity contribution in [3.63, 3.8) is 0 Å². The van der Waals surface area contributed by atoms with Crippen LogP contribution in [0.5, 0.6) is 0 Å². The standard InChI is InChI=1S/C13H21N3O2S/c1-8-9(2)15(6-5-14-8)12(17)7-16-10(3)11(4)19-13(16)18/h8-9,14H,5-7H2,1-4H3. The molecule has 2 rings (SSSR count). The molecular weight excluding hydrogens is 262 g/mol. The van der Waals surface area contributed by atoms with Gasteiger partial charge in [-0.1, -0.05) is 11.3 Å². The first-order chi connectivity index (χ1) is 8.91. The highest BCUT2D eigenvalue weighted by atomic mass is 32.1. The van der Waals surface area contributed by atoms with Gasteiger partial charge in [0.05, 0.1) is 0 Å². The third kappa shape index (κ3) is 2.74. The second kappa shape index (κ2) is 5.46. The molecule has 1 aromatic heterocycles. The van der Waals surface area contributed by atoms with Crippen LogP contribution >= 0.6 is 11.3 Å². The van der Waals surface area contributed by atoms with Crippen LogP contribution < -0.4 is 10.2 Å². The quantitative estimate of drug-likeness (QED) is 0.871. The Hall–Kier alpha value is -1.14. The first-order valence-electron chi connectivity index (χ1n) is 6.61. The van der Waals surface area contributed by atoms with Gasteiger partial charge in [0.2, 0.25) is 5.91 Å². The second-order valence-electron chi connectivity index (χ2n) is 5.17. The van der Waals surface area contributed by atoms with Gasteiger partial charge in [-0.15, -0.1) is 0 Å². The molecule has 0 radical (unpaired) electrons. The lowest BCUT2D eigenvalue weighted by atomic mass is 10.1. The van der Waals surface area contributed by atoms with Gasteiger partial charge in [-0.05, 0) is 27.7 Å². The van der Waals surface area contributed by atoms with Gasteiger partial charge >= 0.3 is 4.87 Å². The van der Waals surface area contributed by atoms with Gasteiger partial charge in [0.1, 0.15) is 6.54 Å². The minimum Gasteiger partial charge on any atom is -0.336 e. The Bertz CT molecular complexity index is 534. The molecule has 1 aliphatic rings. The van der Waals surface area contributed by atoms with E-state index in [9.17, 15) is 9.59 Å². The molecule has 19 heavy (non-hydrogen) atoms. The maximum atomic E-state index is 12.4. The second-order valence-corrected chi connectivity index (χ2v) is 6.33. The SMILES string of the molecule is Cc1sc(=O)n(CC(=O)N2CCNC(C)C2C)c1C. The van der Waals surface area contributed by atoms with Crippen molar-refractivity contribution in [2.24, 2.45) is 0 Å². The third-order valence-corrected chi connectivity index (χ3v) is 5.02. The molecule has 0 aromatic carbocycles. The number of nitrogens with zero attached hydrogens (tertiary/aromatic N) is 2. The zero-order valence-electron chi connectivity index (χ0n) is 11.9. The summed E-state index contributed by atoms with van der Waals surface area (Å²) in [4.78, 5) is 27.0. The largest absolute Gasteiger partial charge is 0.336 e. The van der Waals surface area contributed by atoms with Crippen molar-refractivity contribution in [2.45, 2.75) is 46.3 Å². The fraction of sp³-hybridized carbons (Fsp3) is 0.692. The summed E-state index contributed by atoms with van der Waals surface area (Å²) in [5.41, 5.74) is 0.902. The van der Waals surface area contributed by atoms with E-state index in [4.69, 9.17) is 0 Å². The highest BCUT2D eigenvalue weighted by Crippen LogP contribution is 2.13. The van der Waals surface area contributed by atoms with Crippen LogP contribution in [0.1, 0.15) is 24.4 Å². The van der Waals surface area contributed by atoms with Crippen LogP contribution in [0.2, 0.25) is 0 Å². The molecular formula is C13H21N3O2S. The normalized spacial score (nSPS) is 23.7. The number of amides is 1. The number of carbonyl (C=O) groups is 1. The number of rotatable bonds is 2. The molecule has 1 N–H and O–H groups in total. The molecule has 1 saturated heterocycles. The Morgan fingerprint density at radius 3 is 2.68 bits per heavy atom. The average molecular weight is 283 g/mol. The van der Waals surface area contributed by atoms with Crippen molar-refractivity contribution in [3.05, 3.63) is 20.2 Å². The highest BCUT2D eigenvalue weighted by Gasteiger charge is 2.28. The molecule has 6 heteroatoms. The first kappa shape index (κ1) is 14.3. The molecule has 1 fully saturated rings. The van der Waals surface area contributed by atoms with E-state index >= 15 is 0 Å². The first-order valence-corrected chi connectivity index (χ1v) is 7.43. The summed E-state index contributed by atoms with van der Waals surface area (Å²) < 4.78 is 1.59. The molecule has 106 valence electrons. The number of aryl methyl sites for hydroxylation is 1. The zero-order valence-corrected chi connectivity index (χ0v) is 12.7. The van der Waals surface area contributed by atoms with Crippen LogP contribution in [0.4, 0.5) is 0 Å². The number of carbonyl (C=O) groups excluding carboxylic acids is 1. The summed E-state index contributed by atoms with van der Waals surface area (Å²) in [6, 6.07) is 0.455. The number of nitrogens with one attached hydrogen (secondary N) is 1. The van der Waals surface area contributed by atoms with E-state index in [2.05, 4.69) is 12.2 Å². The fourth-order valence-electron chi connectivity index (χ4n) is 2.40. The van der Waals surface area contributed by atoms with E-state index in [-0.39, 0.29) is 23.4 Å². The van der Waals surface area contributed by atoms with Crippen LogP contribution in [-0.2, 0) is 11.3 Å². The number of thiazole rings is 1. The Labute approximate surface area is 117 Å². The fourth-order valence-corrected chi connectivity index (χ4v) is 3.24. The van der Waals surface area contributed by atoms with Gasteiger partial charge in [-0.2, -0.15) is 0 Å². The third-order valence-electron chi connectivity index (χ3n) is 4.02. The maximum absolute atomic E-state index is 12.4. The summed E-state index contributed by atoms with van der Waals surface area (Å²) in [6.45, 7) is 9.61. The predicted molar refractivity (Wildman–Crippen MR) is 76.7 cm³/mol. The molecule has 1 aliphatic heterocycles. The Balaban J connectivity index is 2.15. The number of piperazine rings is 1. The smallest absolute Gasteiger partial charge is 0.308 e. The Kier molecular flexibility index (Phi) is 4.10. The van der Waals surface area contributed by atoms with Crippen molar-refractivity contribution in [1.29, 1.82) is 0 Å². The van der Waals surface area contributed by atoms with E-state index in [0.29, 0.717) is 12.6 Å². The number of hydrogen-bond donors (Lipinski definition) is 1. The van der Waals surface area contributed by atoms with Crippen molar-refractivity contribution in [3.8, 4) is 0 Å². The average Bonchev–Trinajstić information content (AvgIpc) is 2.59.